The SMILES string of the molecule is O=C(c1ccc(Cl)cc1)[C@@H](CCCl)N(C(=O)c1ccc(Cl)cc1)N1C(=O)c2c(Cl)c(Cl)c(Cl)c(Cl)c2C1=O. The van der Waals surface area contributed by atoms with Crippen molar-refractivity contribution in [2.24, 2.45) is 0 Å². The van der Waals surface area contributed by atoms with Gasteiger partial charge >= 0.3 is 0 Å². The number of fused-ring (bicyclic) bond motifs is 1. The Hall–Kier alpha value is -2.03. The molecule has 0 fully saturated rings. The van der Waals surface area contributed by atoms with Crippen molar-refractivity contribution in [3.63, 3.8) is 0 Å². The van der Waals surface area contributed by atoms with Crippen LogP contribution in [0.3, 0.4) is 0 Å². The Morgan fingerprint density at radius 3 is 1.53 bits per heavy atom. The first kappa shape index (κ1) is 29.0. The second-order valence-corrected chi connectivity index (χ2v) is 10.7. The van der Waals surface area contributed by atoms with Crippen molar-refractivity contribution in [2.75, 3.05) is 5.88 Å². The third-order valence-corrected chi connectivity index (χ3v) is 8.23. The van der Waals surface area contributed by atoms with Crippen molar-refractivity contribution < 1.29 is 19.2 Å². The predicted octanol–water partition coefficient (Wildman–Crippen LogP) is 8.14. The first-order chi connectivity index (χ1) is 18.0. The Bertz CT molecular complexity index is 1430. The van der Waals surface area contributed by atoms with Crippen molar-refractivity contribution in [3.05, 3.63) is 101 Å². The molecule has 1 aliphatic rings. The summed E-state index contributed by atoms with van der Waals surface area (Å²) in [7, 11) is 0. The summed E-state index contributed by atoms with van der Waals surface area (Å²) in [4.78, 5) is 54.9. The lowest BCUT2D eigenvalue weighted by Gasteiger charge is -2.36. The van der Waals surface area contributed by atoms with Crippen LogP contribution in [-0.4, -0.2) is 45.4 Å². The van der Waals surface area contributed by atoms with Crippen molar-refractivity contribution in [2.45, 2.75) is 12.5 Å². The van der Waals surface area contributed by atoms with Gasteiger partial charge in [0.1, 0.15) is 6.04 Å². The van der Waals surface area contributed by atoms with Gasteiger partial charge in [0.05, 0.1) is 31.2 Å². The van der Waals surface area contributed by atoms with Crippen LogP contribution in [0, 0.1) is 0 Å². The Balaban J connectivity index is 1.92. The molecule has 38 heavy (non-hydrogen) atoms. The molecule has 0 saturated heterocycles. The lowest BCUT2D eigenvalue weighted by molar-refractivity contribution is -0.00960. The fraction of sp³-hybridized carbons (Fsp3) is 0.120. The first-order valence-corrected chi connectivity index (χ1v) is 13.5. The molecule has 0 spiro atoms. The molecule has 1 atom stereocenters. The van der Waals surface area contributed by atoms with Crippen molar-refractivity contribution in [1.82, 2.24) is 10.0 Å². The predicted molar refractivity (Wildman–Crippen MR) is 150 cm³/mol. The smallest absolute Gasteiger partial charge is 0.282 e. The van der Waals surface area contributed by atoms with E-state index in [0.29, 0.717) is 15.1 Å². The van der Waals surface area contributed by atoms with E-state index in [1.165, 1.54) is 48.5 Å². The van der Waals surface area contributed by atoms with Gasteiger partial charge in [-0.15, -0.1) is 11.6 Å². The second kappa shape index (κ2) is 11.6. The van der Waals surface area contributed by atoms with E-state index in [2.05, 4.69) is 0 Å². The summed E-state index contributed by atoms with van der Waals surface area (Å²) in [6.45, 7) is 0. The number of alkyl halides is 1. The normalized spacial score (nSPS) is 13.5. The fourth-order valence-corrected chi connectivity index (χ4v) is 5.38. The van der Waals surface area contributed by atoms with Crippen molar-refractivity contribution in [1.29, 1.82) is 0 Å². The highest BCUT2D eigenvalue weighted by atomic mass is 35.5. The maximum atomic E-state index is 13.9. The van der Waals surface area contributed by atoms with E-state index in [1.807, 2.05) is 0 Å². The van der Waals surface area contributed by atoms with Crippen LogP contribution in [0.4, 0.5) is 0 Å². The first-order valence-electron chi connectivity index (χ1n) is 10.7. The molecule has 3 amide bonds. The molecule has 0 N–H and O–H groups in total. The third-order valence-electron chi connectivity index (χ3n) is 5.70. The summed E-state index contributed by atoms with van der Waals surface area (Å²) >= 11 is 42.8. The van der Waals surface area contributed by atoms with Crippen LogP contribution >= 0.6 is 81.2 Å². The maximum absolute atomic E-state index is 13.9. The van der Waals surface area contributed by atoms with E-state index in [1.54, 1.807) is 0 Å². The third kappa shape index (κ3) is 5.11. The van der Waals surface area contributed by atoms with Gasteiger partial charge in [0.2, 0.25) is 0 Å². The van der Waals surface area contributed by atoms with Gasteiger partial charge in [-0.25, -0.2) is 5.01 Å². The molecule has 196 valence electrons. The molecule has 0 bridgehead atoms. The molecule has 4 rings (SSSR count). The van der Waals surface area contributed by atoms with Crippen LogP contribution in [-0.2, 0) is 0 Å². The summed E-state index contributed by atoms with van der Waals surface area (Å²) in [5.74, 6) is -3.62. The maximum Gasteiger partial charge on any atom is 0.282 e. The molecule has 1 aliphatic heterocycles. The summed E-state index contributed by atoms with van der Waals surface area (Å²) in [6, 6.07) is 10.1. The zero-order chi connectivity index (χ0) is 27.9. The van der Waals surface area contributed by atoms with E-state index in [9.17, 15) is 19.2 Å². The van der Waals surface area contributed by atoms with E-state index < -0.39 is 29.5 Å². The minimum atomic E-state index is -1.40. The molecule has 0 aliphatic carbocycles. The summed E-state index contributed by atoms with van der Waals surface area (Å²) < 4.78 is 0. The average molecular weight is 654 g/mol. The Morgan fingerprint density at radius 1 is 0.684 bits per heavy atom. The number of rotatable bonds is 7. The number of imide groups is 1. The van der Waals surface area contributed by atoms with Crippen LogP contribution in [0.25, 0.3) is 0 Å². The lowest BCUT2D eigenvalue weighted by Crippen LogP contribution is -2.57. The quantitative estimate of drug-likeness (QED) is 0.0849. The highest BCUT2D eigenvalue weighted by Crippen LogP contribution is 2.45. The Kier molecular flexibility index (Phi) is 8.85. The van der Waals surface area contributed by atoms with E-state index in [-0.39, 0.29) is 54.6 Å². The topological polar surface area (TPSA) is 74.8 Å². The van der Waals surface area contributed by atoms with Crippen LogP contribution in [0.15, 0.2) is 48.5 Å². The minimum Gasteiger partial charge on any atom is -0.292 e. The number of halogens is 7. The van der Waals surface area contributed by atoms with Gasteiger partial charge in [-0.2, -0.15) is 5.01 Å². The summed E-state index contributed by atoms with van der Waals surface area (Å²) in [5, 5.41) is 0.839. The van der Waals surface area contributed by atoms with Gasteiger partial charge in [0, 0.05) is 27.1 Å². The number of carbonyl (C=O) groups excluding carboxylic acids is 4. The standard InChI is InChI=1S/C25H13Cl7N2O4/c26-10-9-15(22(35)11-1-5-13(27)6-2-11)33(23(36)12-3-7-14(28)8-4-12)34-24(37)16-17(25(34)38)19(30)21(32)20(31)18(16)29/h1-8,15H,9-10H2/t15-/m1/s1. The highest BCUT2D eigenvalue weighted by Gasteiger charge is 2.49. The van der Waals surface area contributed by atoms with Gasteiger partial charge in [-0.1, -0.05) is 69.6 Å². The molecular formula is C25H13Cl7N2O4. The number of hydrogen-bond donors (Lipinski definition) is 0. The van der Waals surface area contributed by atoms with Gasteiger partial charge < -0.3 is 0 Å². The largest absolute Gasteiger partial charge is 0.292 e. The van der Waals surface area contributed by atoms with Crippen molar-refractivity contribution >= 4 is 105 Å². The van der Waals surface area contributed by atoms with Crippen LogP contribution in [0.2, 0.25) is 30.1 Å². The van der Waals surface area contributed by atoms with Crippen LogP contribution in [0.5, 0.6) is 0 Å². The number of hydrazine groups is 1. The molecule has 6 nitrogen and oxygen atoms in total. The molecule has 0 radical (unpaired) electrons. The van der Waals surface area contributed by atoms with Crippen LogP contribution < -0.4 is 0 Å². The number of Topliss-reactive ketones (excluding diaryl/α,β-unsaturated/α-hetero) is 1. The number of nitrogens with zero attached hydrogens (tertiary/aromatic N) is 2. The number of ketones is 1. The molecule has 3 aromatic rings. The summed E-state index contributed by atoms with van der Waals surface area (Å²) in [6.07, 6.45) is -0.126. The lowest BCUT2D eigenvalue weighted by atomic mass is 10.0. The monoisotopic (exact) mass is 650 g/mol. The van der Waals surface area contributed by atoms with Crippen LogP contribution in [0.1, 0.15) is 47.9 Å². The fourth-order valence-electron chi connectivity index (χ4n) is 3.90. The molecule has 0 aromatic heterocycles. The molecule has 13 heteroatoms. The van der Waals surface area contributed by atoms with E-state index >= 15 is 0 Å². The van der Waals surface area contributed by atoms with Gasteiger partial charge in [-0.3, -0.25) is 19.2 Å². The summed E-state index contributed by atoms with van der Waals surface area (Å²) in [5.41, 5.74) is -0.512. The Morgan fingerprint density at radius 2 is 1.11 bits per heavy atom. The van der Waals surface area contributed by atoms with Crippen molar-refractivity contribution in [3.8, 4) is 0 Å². The van der Waals surface area contributed by atoms with Gasteiger partial charge in [0.15, 0.2) is 5.78 Å². The molecule has 0 unspecified atom stereocenters. The average Bonchev–Trinajstić information content (AvgIpc) is 3.16. The Labute approximate surface area is 251 Å². The second-order valence-electron chi connectivity index (χ2n) is 7.95. The van der Waals surface area contributed by atoms with E-state index in [0.717, 1.165) is 5.01 Å². The molecule has 0 saturated carbocycles. The van der Waals surface area contributed by atoms with Gasteiger partial charge in [-0.05, 0) is 55.0 Å². The van der Waals surface area contributed by atoms with Gasteiger partial charge in [0.25, 0.3) is 17.7 Å². The van der Waals surface area contributed by atoms with E-state index in [4.69, 9.17) is 81.2 Å². The number of benzene rings is 3. The molecule has 1 heterocycles. The zero-order valence-corrected chi connectivity index (χ0v) is 24.1. The molecule has 3 aromatic carbocycles. The molecular weight excluding hydrogens is 640 g/mol. The minimum absolute atomic E-state index is 0.0303. The number of hydrogen-bond acceptors (Lipinski definition) is 4. The highest BCUT2D eigenvalue weighted by molar-refractivity contribution is 6.55. The zero-order valence-electron chi connectivity index (χ0n) is 18.8. The number of amides is 3. The number of carbonyl (C=O) groups is 4.